The van der Waals surface area contributed by atoms with Crippen molar-refractivity contribution in [2.24, 2.45) is 40.9 Å². The number of aromatic hydroxyl groups is 1. The maximum absolute atomic E-state index is 12.5. The third kappa shape index (κ3) is 16.8. The largest absolute Gasteiger partial charge is 0.495 e. The summed E-state index contributed by atoms with van der Waals surface area (Å²) >= 11 is 8.48. The van der Waals surface area contributed by atoms with Gasteiger partial charge in [0.25, 0.3) is 40.5 Å². The van der Waals surface area contributed by atoms with Gasteiger partial charge in [0.05, 0.1) is 70.6 Å². The summed E-state index contributed by atoms with van der Waals surface area (Å²) in [7, 11) is -16.7. The Morgan fingerprint density at radius 3 is 1.60 bits per heavy atom. The smallest absolute Gasteiger partial charge is 0.300 e. The first-order valence-corrected chi connectivity index (χ1v) is 32.9. The number of halogens is 1. The average Bonchev–Trinajstić information content (AvgIpc) is 1.77. The van der Waals surface area contributed by atoms with Crippen LogP contribution in [-0.4, -0.2) is 109 Å². The van der Waals surface area contributed by atoms with Crippen molar-refractivity contribution in [1.82, 2.24) is 9.38 Å². The molecule has 2 heterocycles. The molecule has 83 heavy (non-hydrogen) atoms. The van der Waals surface area contributed by atoms with Gasteiger partial charge < -0.3 is 14.6 Å². The van der Waals surface area contributed by atoms with Crippen LogP contribution in [0, 0.1) is 39.0 Å². The third-order valence-corrected chi connectivity index (χ3v) is 17.7. The van der Waals surface area contributed by atoms with Crippen LogP contribution in [0.25, 0.3) is 16.7 Å². The maximum Gasteiger partial charge on any atom is 0.300 e. The Labute approximate surface area is 489 Å². The molecule has 0 amide bonds. The van der Waals surface area contributed by atoms with Crippen LogP contribution in [0.3, 0.4) is 0 Å². The van der Waals surface area contributed by atoms with Gasteiger partial charge in [-0.3, -0.25) is 22.6 Å². The summed E-state index contributed by atoms with van der Waals surface area (Å²) in [6, 6.07) is 21.0. The SMILES string of the molecule is COc1ccc2c(nc3c(C#N)c(C)c(N=Nc4cc(C)c(N=Nc5cc(C)c(N=Nc6cc(C)c(N=Nc7ccc(Cl)cc7)cc6SCCCS(=O)(=O)O)cc5SCCCS(=O)(=O)O)cc4OCCCS(=O)(=O)O)c(O)n32)c1S(=O)(=O)O. The van der Waals surface area contributed by atoms with E-state index in [1.807, 2.05) is 6.07 Å². The summed E-state index contributed by atoms with van der Waals surface area (Å²) in [5.74, 6) is -2.09. The molecule has 5 aromatic carbocycles. The van der Waals surface area contributed by atoms with Gasteiger partial charge in [-0.1, -0.05) is 11.6 Å². The van der Waals surface area contributed by atoms with E-state index in [0.717, 1.165) is 4.40 Å². The summed E-state index contributed by atoms with van der Waals surface area (Å²) in [5.41, 5.74) is 3.08. The molecule has 0 atom stereocenters. The van der Waals surface area contributed by atoms with Crippen molar-refractivity contribution in [3.8, 4) is 23.4 Å². The van der Waals surface area contributed by atoms with Crippen molar-refractivity contribution in [2.45, 2.75) is 61.6 Å². The molecule has 5 N–H and O–H groups in total. The van der Waals surface area contributed by atoms with Crippen molar-refractivity contribution in [3.05, 3.63) is 106 Å². The van der Waals surface area contributed by atoms with Crippen LogP contribution >= 0.6 is 35.1 Å². The van der Waals surface area contributed by atoms with Crippen LogP contribution in [0.15, 0.2) is 128 Å². The molecule has 2 aromatic heterocycles. The molecule has 33 heteroatoms. The van der Waals surface area contributed by atoms with Crippen LogP contribution in [-0.2, 0) is 40.5 Å². The number of methoxy groups -OCH3 is 1. The second kappa shape index (κ2) is 26.7. The molecule has 0 aliphatic carbocycles. The van der Waals surface area contributed by atoms with E-state index in [4.69, 9.17) is 21.1 Å². The number of ether oxygens (including phenoxy) is 2. The molecule has 0 unspecified atom stereocenters. The van der Waals surface area contributed by atoms with Crippen molar-refractivity contribution in [2.75, 3.05) is 42.5 Å². The number of nitrogens with zero attached hydrogens (tertiary/aromatic N) is 11. The number of aromatic nitrogens is 2. The average molecular weight is 1270 g/mol. The predicted molar refractivity (Wildman–Crippen MR) is 312 cm³/mol. The van der Waals surface area contributed by atoms with Crippen LogP contribution in [0.1, 0.15) is 47.1 Å². The van der Waals surface area contributed by atoms with E-state index in [1.54, 1.807) is 69.3 Å². The lowest BCUT2D eigenvalue weighted by molar-refractivity contribution is 0.317. The van der Waals surface area contributed by atoms with Gasteiger partial charge in [0.1, 0.15) is 34.3 Å². The Balaban J connectivity index is 1.27. The summed E-state index contributed by atoms with van der Waals surface area (Å²) < 4.78 is 145. The Morgan fingerprint density at radius 1 is 0.614 bits per heavy atom. The van der Waals surface area contributed by atoms with E-state index in [1.165, 1.54) is 61.8 Å². The van der Waals surface area contributed by atoms with Gasteiger partial charge in [0.2, 0.25) is 5.88 Å². The summed E-state index contributed by atoms with van der Waals surface area (Å²) in [5, 5.41) is 58.1. The summed E-state index contributed by atoms with van der Waals surface area (Å²) in [4.78, 5) is 4.62. The lowest BCUT2D eigenvalue weighted by Crippen LogP contribution is -2.08. The molecule has 0 saturated heterocycles. The highest BCUT2D eigenvalue weighted by molar-refractivity contribution is 7.99. The molecule has 438 valence electrons. The van der Waals surface area contributed by atoms with E-state index in [2.05, 4.69) is 45.9 Å². The molecule has 0 saturated carbocycles. The third-order valence-electron chi connectivity index (χ3n) is 11.8. The minimum Gasteiger partial charge on any atom is -0.495 e. The van der Waals surface area contributed by atoms with Crippen LogP contribution in [0.2, 0.25) is 5.02 Å². The molecule has 0 fully saturated rings. The van der Waals surface area contributed by atoms with Crippen LogP contribution in [0.4, 0.5) is 45.5 Å². The van der Waals surface area contributed by atoms with Gasteiger partial charge in [-0.2, -0.15) is 59.4 Å². The van der Waals surface area contributed by atoms with Crippen LogP contribution < -0.4 is 9.47 Å². The summed E-state index contributed by atoms with van der Waals surface area (Å²) in [6.07, 6.45) is -0.0112. The zero-order chi connectivity index (χ0) is 60.6. The van der Waals surface area contributed by atoms with E-state index >= 15 is 0 Å². The first-order chi connectivity index (χ1) is 39.0. The Hall–Kier alpha value is -7.03. The van der Waals surface area contributed by atoms with Gasteiger partial charge >= 0.3 is 0 Å². The predicted octanol–water partition coefficient (Wildman–Crippen LogP) is 13.3. The molecule has 0 bridgehead atoms. The molecule has 0 radical (unpaired) electrons. The van der Waals surface area contributed by atoms with E-state index < -0.39 is 68.5 Å². The van der Waals surface area contributed by atoms with Crippen molar-refractivity contribution >= 4 is 138 Å². The highest BCUT2D eigenvalue weighted by Crippen LogP contribution is 2.45. The molecule has 7 rings (SSSR count). The minimum absolute atomic E-state index is 0.00654. The van der Waals surface area contributed by atoms with Gasteiger partial charge in [-0.15, -0.1) is 44.0 Å². The molecular formula is C50H50ClN11O15S6. The van der Waals surface area contributed by atoms with Crippen molar-refractivity contribution < 1.29 is 66.5 Å². The van der Waals surface area contributed by atoms with Gasteiger partial charge in [0, 0.05) is 26.4 Å². The second-order valence-corrected chi connectivity index (χ2v) is 26.8. The number of pyridine rings is 1. The van der Waals surface area contributed by atoms with Gasteiger partial charge in [-0.25, -0.2) is 4.98 Å². The Morgan fingerprint density at radius 2 is 1.10 bits per heavy atom. The normalized spacial score (nSPS) is 12.7. The second-order valence-electron chi connectivity index (χ2n) is 18.1. The van der Waals surface area contributed by atoms with Crippen LogP contribution in [0.5, 0.6) is 17.4 Å². The number of hydrogen-bond acceptors (Lipinski definition) is 23. The maximum atomic E-state index is 12.5. The zero-order valence-electron chi connectivity index (χ0n) is 44.4. The number of benzene rings is 5. The highest BCUT2D eigenvalue weighted by Gasteiger charge is 2.28. The van der Waals surface area contributed by atoms with Gasteiger partial charge in [0.15, 0.2) is 16.2 Å². The fourth-order valence-electron chi connectivity index (χ4n) is 7.81. The number of nitriles is 1. The topological polar surface area (TPSA) is 396 Å². The monoisotopic (exact) mass is 1270 g/mol. The van der Waals surface area contributed by atoms with Crippen molar-refractivity contribution in [3.63, 3.8) is 0 Å². The number of imidazole rings is 1. The first kappa shape index (κ1) is 63.5. The van der Waals surface area contributed by atoms with E-state index in [-0.39, 0.29) is 93.7 Å². The Kier molecular flexibility index (Phi) is 20.4. The fraction of sp³-hybridized carbons (Fsp3) is 0.280. The Bertz CT molecular complexity index is 4310. The molecule has 0 aliphatic rings. The quantitative estimate of drug-likeness (QED) is 0.0154. The number of rotatable bonds is 25. The highest BCUT2D eigenvalue weighted by atomic mass is 35.5. The zero-order valence-corrected chi connectivity index (χ0v) is 50.0. The number of azo groups is 4. The number of fused-ring (bicyclic) bond motifs is 3. The van der Waals surface area contributed by atoms with E-state index in [9.17, 15) is 62.3 Å². The fourth-order valence-corrected chi connectivity index (χ4v) is 12.5. The lowest BCUT2D eigenvalue weighted by atomic mass is 10.1. The number of thioether (sulfide) groups is 2. The number of aryl methyl sites for hydroxylation is 3. The van der Waals surface area contributed by atoms with Gasteiger partial charge in [-0.05, 0) is 142 Å². The molecule has 7 aromatic rings. The first-order valence-electron chi connectivity index (χ1n) is 24.3. The minimum atomic E-state index is -4.95. The molecule has 0 spiro atoms. The molecular weight excluding hydrogens is 1220 g/mol. The standard InChI is InChI=1S/C50H50ClN11O15S6/c1-28-21-38(58-61-46-31(4)34(27-52)49-53-47-41(62(49)50(46)63)13-14-42(76-5)48(47)83(73,74)75)43(77-15-6-18-80(64,65)66)24-35(28)56-59-39-23-30(3)37(26-45(39)79-17-8-20-82(70,71)72)57-60-40-22-29(2)36(55-54-33-11-9-32(51)10-12-33)25-44(40)78-16-7-19-81(67,68)69/h9-14,21-26,63H,6-8,15-20H2,1-5H3,(H,64,65,66)(H,67,68,69)(H,70,71,72)(H,73,74,75). The summed E-state index contributed by atoms with van der Waals surface area (Å²) in [6.45, 7) is 6.34. The van der Waals surface area contributed by atoms with Crippen molar-refractivity contribution in [1.29, 1.82) is 5.26 Å². The van der Waals surface area contributed by atoms with E-state index in [0.29, 0.717) is 59.9 Å². The lowest BCUT2D eigenvalue weighted by Gasteiger charge is -2.12. The molecule has 0 aliphatic heterocycles. The number of hydrogen-bond donors (Lipinski definition) is 5. The molecule has 26 nitrogen and oxygen atoms in total.